The highest BCUT2D eigenvalue weighted by atomic mass is 32.2. The van der Waals surface area contributed by atoms with Crippen molar-refractivity contribution in [3.05, 3.63) is 11.8 Å². The second-order valence-electron chi connectivity index (χ2n) is 3.66. The summed E-state index contributed by atoms with van der Waals surface area (Å²) in [6, 6.07) is 0.715. The van der Waals surface area contributed by atoms with Gasteiger partial charge in [0, 0.05) is 19.7 Å². The van der Waals surface area contributed by atoms with Gasteiger partial charge in [0.1, 0.15) is 5.82 Å². The van der Waals surface area contributed by atoms with Crippen molar-refractivity contribution in [3.63, 3.8) is 0 Å². The lowest BCUT2D eigenvalue weighted by Gasteiger charge is -2.11. The van der Waals surface area contributed by atoms with E-state index >= 15 is 0 Å². The Morgan fingerprint density at radius 2 is 1.90 bits per heavy atom. The second-order valence-corrected chi connectivity index (χ2v) is 5.71. The molecule has 1 rings (SSSR count). The molecule has 0 aliphatic rings. The lowest BCUT2D eigenvalue weighted by molar-refractivity contribution is -0.141. The molecule has 0 saturated heterocycles. The van der Waals surface area contributed by atoms with E-state index in [0.29, 0.717) is 6.07 Å². The van der Waals surface area contributed by atoms with Gasteiger partial charge in [-0.2, -0.15) is 18.2 Å². The minimum absolute atomic E-state index is 0.0827. The number of nitrogens with one attached hydrogen (secondary N) is 3. The van der Waals surface area contributed by atoms with Crippen LogP contribution in [0.5, 0.6) is 0 Å². The Morgan fingerprint density at radius 1 is 1.25 bits per heavy atom. The van der Waals surface area contributed by atoms with E-state index < -0.39 is 21.9 Å². The van der Waals surface area contributed by atoms with Gasteiger partial charge in [-0.1, -0.05) is 0 Å². The molecule has 11 heteroatoms. The molecule has 1 aromatic heterocycles. The van der Waals surface area contributed by atoms with E-state index in [1.165, 1.54) is 14.1 Å². The third-order valence-electron chi connectivity index (χ3n) is 2.23. The summed E-state index contributed by atoms with van der Waals surface area (Å²) in [5.74, 6) is -0.606. The van der Waals surface area contributed by atoms with Gasteiger partial charge in [-0.05, 0) is 7.05 Å². The van der Waals surface area contributed by atoms with Crippen LogP contribution in [0.4, 0.5) is 24.9 Å². The number of hydrogen-bond acceptors (Lipinski definition) is 6. The number of anilines is 2. The molecule has 1 heterocycles. The number of sulfonamides is 1. The fraction of sp³-hybridized carbons (Fsp3) is 0.556. The molecule has 0 radical (unpaired) electrons. The third kappa shape index (κ3) is 4.81. The van der Waals surface area contributed by atoms with Gasteiger partial charge in [0.25, 0.3) is 0 Å². The molecule has 1 aromatic rings. The van der Waals surface area contributed by atoms with Crippen LogP contribution in [0.15, 0.2) is 6.07 Å². The zero-order valence-corrected chi connectivity index (χ0v) is 11.6. The highest BCUT2D eigenvalue weighted by Gasteiger charge is 2.33. The number of aromatic nitrogens is 2. The molecule has 0 aliphatic carbocycles. The molecule has 0 bridgehead atoms. The standard InChI is InChI=1S/C9H14F3N5O2S/c1-13-8-16-6(9(10,11)12)5-7(17-8)15-3-4-20(18,19)14-2/h5,14H,3-4H2,1-2H3,(H2,13,15,16,17). The first-order chi connectivity index (χ1) is 9.18. The van der Waals surface area contributed by atoms with Crippen LogP contribution in [0.25, 0.3) is 0 Å². The van der Waals surface area contributed by atoms with Crippen LogP contribution in [0.3, 0.4) is 0 Å². The maximum absolute atomic E-state index is 12.6. The molecule has 0 amide bonds. The number of nitrogens with zero attached hydrogens (tertiary/aromatic N) is 2. The molecule has 0 saturated carbocycles. The summed E-state index contributed by atoms with van der Waals surface area (Å²) in [4.78, 5) is 7.04. The highest BCUT2D eigenvalue weighted by molar-refractivity contribution is 7.89. The number of alkyl halides is 3. The maximum atomic E-state index is 12.6. The summed E-state index contributed by atoms with van der Waals surface area (Å²) >= 11 is 0. The Morgan fingerprint density at radius 3 is 2.40 bits per heavy atom. The molecule has 0 aliphatic heterocycles. The summed E-state index contributed by atoms with van der Waals surface area (Å²) < 4.78 is 62.2. The van der Waals surface area contributed by atoms with Crippen LogP contribution in [-0.2, 0) is 16.2 Å². The van der Waals surface area contributed by atoms with Crippen molar-refractivity contribution >= 4 is 21.8 Å². The molecule has 3 N–H and O–H groups in total. The van der Waals surface area contributed by atoms with Crippen LogP contribution in [-0.4, -0.2) is 44.8 Å². The van der Waals surface area contributed by atoms with Gasteiger partial charge in [-0.3, -0.25) is 0 Å². The number of hydrogen-bond donors (Lipinski definition) is 3. The van der Waals surface area contributed by atoms with Gasteiger partial charge in [-0.15, -0.1) is 0 Å². The molecule has 0 unspecified atom stereocenters. The number of halogens is 3. The molecule has 114 valence electrons. The van der Waals surface area contributed by atoms with E-state index in [-0.39, 0.29) is 24.1 Å². The predicted molar refractivity (Wildman–Crippen MR) is 67.9 cm³/mol. The topological polar surface area (TPSA) is 96.0 Å². The maximum Gasteiger partial charge on any atom is 0.433 e. The van der Waals surface area contributed by atoms with Crippen LogP contribution >= 0.6 is 0 Å². The van der Waals surface area contributed by atoms with Gasteiger partial charge in [-0.25, -0.2) is 18.1 Å². The highest BCUT2D eigenvalue weighted by Crippen LogP contribution is 2.29. The molecule has 0 atom stereocenters. The third-order valence-corrected chi connectivity index (χ3v) is 3.59. The Bertz CT molecular complexity index is 561. The Hall–Kier alpha value is -1.62. The smallest absolute Gasteiger partial charge is 0.369 e. The first-order valence-electron chi connectivity index (χ1n) is 5.47. The van der Waals surface area contributed by atoms with Crippen molar-refractivity contribution in [1.82, 2.24) is 14.7 Å². The van der Waals surface area contributed by atoms with Crippen molar-refractivity contribution in [2.45, 2.75) is 6.18 Å². The van der Waals surface area contributed by atoms with Gasteiger partial charge < -0.3 is 10.6 Å². The van der Waals surface area contributed by atoms with E-state index in [1.807, 2.05) is 0 Å². The zero-order chi connectivity index (χ0) is 15.4. The van der Waals surface area contributed by atoms with Gasteiger partial charge in [0.2, 0.25) is 16.0 Å². The van der Waals surface area contributed by atoms with Crippen molar-refractivity contribution < 1.29 is 21.6 Å². The summed E-state index contributed by atoms with van der Waals surface area (Å²) in [6.45, 7) is -0.0827. The normalized spacial score (nSPS) is 12.2. The first kappa shape index (κ1) is 16.4. The van der Waals surface area contributed by atoms with Crippen molar-refractivity contribution in [1.29, 1.82) is 0 Å². The molecule has 7 nitrogen and oxygen atoms in total. The average molecular weight is 313 g/mol. The van der Waals surface area contributed by atoms with E-state index in [2.05, 4.69) is 25.3 Å². The molecule has 20 heavy (non-hydrogen) atoms. The summed E-state index contributed by atoms with van der Waals surface area (Å²) in [5, 5.41) is 4.92. The minimum Gasteiger partial charge on any atom is -0.369 e. The van der Waals surface area contributed by atoms with Gasteiger partial charge in [0.15, 0.2) is 5.69 Å². The van der Waals surface area contributed by atoms with Crippen LogP contribution in [0, 0.1) is 0 Å². The lowest BCUT2D eigenvalue weighted by atomic mass is 10.4. The van der Waals surface area contributed by atoms with Gasteiger partial charge in [0.05, 0.1) is 5.75 Å². The van der Waals surface area contributed by atoms with Gasteiger partial charge >= 0.3 is 6.18 Å². The fourth-order valence-electron chi connectivity index (χ4n) is 1.21. The minimum atomic E-state index is -4.61. The Kier molecular flexibility index (Phi) is 5.11. The van der Waals surface area contributed by atoms with Crippen LogP contribution in [0.2, 0.25) is 0 Å². The summed E-state index contributed by atoms with van der Waals surface area (Å²) in [6.07, 6.45) is -4.61. The van der Waals surface area contributed by atoms with E-state index in [9.17, 15) is 21.6 Å². The molecule has 0 fully saturated rings. The van der Waals surface area contributed by atoms with E-state index in [1.54, 1.807) is 0 Å². The summed E-state index contributed by atoms with van der Waals surface area (Å²) in [5.41, 5.74) is -1.11. The van der Waals surface area contributed by atoms with Crippen molar-refractivity contribution in [3.8, 4) is 0 Å². The monoisotopic (exact) mass is 313 g/mol. The molecule has 0 spiro atoms. The van der Waals surface area contributed by atoms with Crippen molar-refractivity contribution in [2.75, 3.05) is 37.0 Å². The Balaban J connectivity index is 2.85. The predicted octanol–water partition coefficient (Wildman–Crippen LogP) is 0.498. The largest absolute Gasteiger partial charge is 0.433 e. The average Bonchev–Trinajstić information content (AvgIpc) is 2.37. The lowest BCUT2D eigenvalue weighted by Crippen LogP contribution is -2.26. The fourth-order valence-corrected chi connectivity index (χ4v) is 1.79. The second kappa shape index (κ2) is 6.22. The Labute approximate surface area is 114 Å². The molecular weight excluding hydrogens is 299 g/mol. The SMILES string of the molecule is CNc1nc(NCCS(=O)(=O)NC)cc(C(F)(F)F)n1. The van der Waals surface area contributed by atoms with E-state index in [0.717, 1.165) is 0 Å². The van der Waals surface area contributed by atoms with Crippen LogP contribution in [0.1, 0.15) is 5.69 Å². The van der Waals surface area contributed by atoms with Crippen molar-refractivity contribution in [2.24, 2.45) is 0 Å². The molecule has 0 aromatic carbocycles. The first-order valence-corrected chi connectivity index (χ1v) is 7.12. The van der Waals surface area contributed by atoms with Crippen LogP contribution < -0.4 is 15.4 Å². The van der Waals surface area contributed by atoms with E-state index in [4.69, 9.17) is 0 Å². The summed E-state index contributed by atoms with van der Waals surface area (Å²) in [7, 11) is -0.807. The zero-order valence-electron chi connectivity index (χ0n) is 10.7. The quantitative estimate of drug-likeness (QED) is 0.708. The number of rotatable bonds is 6. The molecular formula is C9H14F3N5O2S.